The van der Waals surface area contributed by atoms with Crippen molar-refractivity contribution in [1.82, 2.24) is 9.97 Å². The molecule has 0 bridgehead atoms. The predicted octanol–water partition coefficient (Wildman–Crippen LogP) is 4.03. The second-order valence-electron chi connectivity index (χ2n) is 8.01. The largest absolute Gasteiger partial charge is 0.421 e. The minimum absolute atomic E-state index is 0.0940. The molecule has 1 aliphatic heterocycles. The van der Waals surface area contributed by atoms with Gasteiger partial charge in [0.15, 0.2) is 0 Å². The summed E-state index contributed by atoms with van der Waals surface area (Å²) < 4.78 is 66.7. The lowest BCUT2D eigenvalue weighted by Gasteiger charge is -2.17. The predicted molar refractivity (Wildman–Crippen MR) is 126 cm³/mol. The second kappa shape index (κ2) is 9.06. The smallest absolute Gasteiger partial charge is 0.365 e. The zero-order chi connectivity index (χ0) is 25.4. The molecule has 0 radical (unpaired) electrons. The number of aryl methyl sites for hydroxylation is 1. The highest BCUT2D eigenvalue weighted by atomic mass is 32.2. The number of nitrogens with zero attached hydrogens (tertiary/aromatic N) is 2. The van der Waals surface area contributed by atoms with Crippen molar-refractivity contribution in [3.8, 4) is 0 Å². The summed E-state index contributed by atoms with van der Waals surface area (Å²) in [6.45, 7) is 1.55. The third-order valence-corrected chi connectivity index (χ3v) is 5.75. The van der Waals surface area contributed by atoms with Crippen LogP contribution in [0.15, 0.2) is 42.6 Å². The van der Waals surface area contributed by atoms with Crippen LogP contribution in [0.3, 0.4) is 0 Å². The van der Waals surface area contributed by atoms with Gasteiger partial charge in [-0.1, -0.05) is 24.3 Å². The number of anilines is 5. The first-order valence-corrected chi connectivity index (χ1v) is 12.2. The lowest BCUT2D eigenvalue weighted by molar-refractivity contribution is -0.137. The summed E-state index contributed by atoms with van der Waals surface area (Å²) in [6.07, 6.45) is -2.81. The van der Waals surface area contributed by atoms with Gasteiger partial charge in [0.05, 0.1) is 18.4 Å². The van der Waals surface area contributed by atoms with E-state index in [1.807, 2.05) is 0 Å². The number of para-hydroxylation sites is 1. The van der Waals surface area contributed by atoms with Gasteiger partial charge in [0, 0.05) is 24.1 Å². The third-order valence-electron chi connectivity index (χ3n) is 5.18. The van der Waals surface area contributed by atoms with Crippen molar-refractivity contribution in [1.29, 1.82) is 0 Å². The van der Waals surface area contributed by atoms with Gasteiger partial charge in [-0.2, -0.15) is 18.2 Å². The van der Waals surface area contributed by atoms with Gasteiger partial charge in [-0.05, 0) is 35.7 Å². The fourth-order valence-corrected chi connectivity index (χ4v) is 4.25. The Labute approximate surface area is 199 Å². The molecule has 2 aromatic carbocycles. The highest BCUT2D eigenvalue weighted by Gasteiger charge is 2.35. The van der Waals surface area contributed by atoms with E-state index in [-0.39, 0.29) is 30.5 Å². The van der Waals surface area contributed by atoms with Crippen molar-refractivity contribution < 1.29 is 26.4 Å². The molecule has 0 unspecified atom stereocenters. The average Bonchev–Trinajstić information content (AvgIpc) is 3.12. The summed E-state index contributed by atoms with van der Waals surface area (Å²) in [5, 5.41) is 8.20. The number of nitrogens with one attached hydrogen (secondary N) is 4. The van der Waals surface area contributed by atoms with E-state index >= 15 is 0 Å². The molecule has 9 nitrogen and oxygen atoms in total. The Balaban J connectivity index is 1.61. The monoisotopic (exact) mass is 506 g/mol. The van der Waals surface area contributed by atoms with E-state index in [0.717, 1.165) is 11.8 Å². The number of sulfonamides is 1. The summed E-state index contributed by atoms with van der Waals surface area (Å²) in [4.78, 5) is 19.3. The van der Waals surface area contributed by atoms with Gasteiger partial charge < -0.3 is 16.0 Å². The number of hydrogen-bond donors (Lipinski definition) is 4. The molecule has 1 aliphatic rings. The van der Waals surface area contributed by atoms with E-state index < -0.39 is 27.6 Å². The number of carbonyl (C=O) groups excluding carboxylic acids is 1. The van der Waals surface area contributed by atoms with Crippen LogP contribution in [0.1, 0.15) is 22.3 Å². The van der Waals surface area contributed by atoms with Crippen molar-refractivity contribution in [2.75, 3.05) is 26.9 Å². The Kier molecular flexibility index (Phi) is 6.28. The van der Waals surface area contributed by atoms with Crippen LogP contribution in [0.2, 0.25) is 0 Å². The van der Waals surface area contributed by atoms with Crippen molar-refractivity contribution in [2.24, 2.45) is 0 Å². The zero-order valence-electron chi connectivity index (χ0n) is 18.6. The van der Waals surface area contributed by atoms with Gasteiger partial charge in [0.1, 0.15) is 11.4 Å². The molecule has 184 valence electrons. The average molecular weight is 507 g/mol. The number of rotatable bonds is 7. The van der Waals surface area contributed by atoms with Gasteiger partial charge >= 0.3 is 6.18 Å². The number of hydrogen-bond acceptors (Lipinski definition) is 7. The summed E-state index contributed by atoms with van der Waals surface area (Å²) in [6, 6.07) is 9.99. The molecule has 35 heavy (non-hydrogen) atoms. The summed E-state index contributed by atoms with van der Waals surface area (Å²) in [7, 11) is -3.61. The molecule has 1 aromatic heterocycles. The standard InChI is InChI=1S/C22H21F3N6O3S/c1-12-4-3-5-14(19(12)31-35(2,33)34)10-26-20-16(22(23,24)25)11-27-21(30-20)28-15-7-6-13-8-18(32)29-17(13)9-15/h3-7,9,11,31H,8,10H2,1-2H3,(H,29,32)(H2,26,27,28,30). The normalized spacial score (nSPS) is 13.2. The van der Waals surface area contributed by atoms with Gasteiger partial charge in [-0.15, -0.1) is 0 Å². The zero-order valence-corrected chi connectivity index (χ0v) is 19.4. The number of amides is 1. The molecule has 4 N–H and O–H groups in total. The quantitative estimate of drug-likeness (QED) is 0.381. The van der Waals surface area contributed by atoms with E-state index in [0.29, 0.717) is 28.7 Å². The fraction of sp³-hybridized carbons (Fsp3) is 0.227. The SMILES string of the molecule is Cc1cccc(CNc2nc(Nc3ccc4c(c3)NC(=O)C4)ncc2C(F)(F)F)c1NS(C)(=O)=O. The Morgan fingerprint density at radius 2 is 1.94 bits per heavy atom. The van der Waals surface area contributed by atoms with E-state index in [2.05, 4.69) is 30.6 Å². The molecule has 2 heterocycles. The van der Waals surface area contributed by atoms with E-state index in [4.69, 9.17) is 0 Å². The van der Waals surface area contributed by atoms with Crippen LogP contribution in [-0.2, 0) is 34.0 Å². The molecule has 0 saturated carbocycles. The molecule has 13 heteroatoms. The first kappa shape index (κ1) is 24.3. The second-order valence-corrected chi connectivity index (χ2v) is 9.76. The van der Waals surface area contributed by atoms with E-state index in [1.165, 1.54) is 0 Å². The Morgan fingerprint density at radius 1 is 1.17 bits per heavy atom. The molecule has 0 spiro atoms. The molecule has 1 amide bonds. The fourth-order valence-electron chi connectivity index (χ4n) is 3.59. The van der Waals surface area contributed by atoms with Gasteiger partial charge in [0.25, 0.3) is 0 Å². The number of benzene rings is 2. The summed E-state index contributed by atoms with van der Waals surface area (Å²) in [5.41, 5.74) is 2.15. The van der Waals surface area contributed by atoms with Gasteiger partial charge in [0.2, 0.25) is 21.9 Å². The maximum atomic E-state index is 13.6. The van der Waals surface area contributed by atoms with Crippen LogP contribution < -0.4 is 20.7 Å². The lowest BCUT2D eigenvalue weighted by atomic mass is 10.1. The molecule has 0 atom stereocenters. The maximum Gasteiger partial charge on any atom is 0.421 e. The minimum atomic E-state index is -4.72. The summed E-state index contributed by atoms with van der Waals surface area (Å²) >= 11 is 0. The van der Waals surface area contributed by atoms with Crippen molar-refractivity contribution in [3.05, 3.63) is 64.8 Å². The van der Waals surface area contributed by atoms with Crippen molar-refractivity contribution >= 4 is 44.8 Å². The Morgan fingerprint density at radius 3 is 2.66 bits per heavy atom. The minimum Gasteiger partial charge on any atom is -0.365 e. The van der Waals surface area contributed by atoms with Gasteiger partial charge in [-0.25, -0.2) is 13.4 Å². The number of halogens is 3. The lowest BCUT2D eigenvalue weighted by Crippen LogP contribution is -2.16. The van der Waals surface area contributed by atoms with E-state index in [9.17, 15) is 26.4 Å². The molecule has 3 aromatic rings. The molecule has 0 saturated heterocycles. The van der Waals surface area contributed by atoms with Gasteiger partial charge in [-0.3, -0.25) is 9.52 Å². The first-order valence-electron chi connectivity index (χ1n) is 10.3. The topological polar surface area (TPSA) is 125 Å². The van der Waals surface area contributed by atoms with Crippen LogP contribution in [0, 0.1) is 6.92 Å². The molecule has 4 rings (SSSR count). The van der Waals surface area contributed by atoms with Crippen molar-refractivity contribution in [2.45, 2.75) is 26.1 Å². The highest BCUT2D eigenvalue weighted by molar-refractivity contribution is 7.92. The Bertz CT molecular complexity index is 1410. The maximum absolute atomic E-state index is 13.6. The van der Waals surface area contributed by atoms with Crippen LogP contribution >= 0.6 is 0 Å². The van der Waals surface area contributed by atoms with Crippen molar-refractivity contribution in [3.63, 3.8) is 0 Å². The van der Waals surface area contributed by atoms with Crippen LogP contribution in [0.4, 0.5) is 42.0 Å². The summed E-state index contributed by atoms with van der Waals surface area (Å²) in [5.74, 6) is -0.713. The number of fused-ring (bicyclic) bond motifs is 1. The third kappa shape index (κ3) is 5.80. The molecule has 0 fully saturated rings. The van der Waals surface area contributed by atoms with Crippen LogP contribution in [0.25, 0.3) is 0 Å². The number of alkyl halides is 3. The molecular weight excluding hydrogens is 485 g/mol. The van der Waals surface area contributed by atoms with Crippen LogP contribution in [-0.4, -0.2) is 30.5 Å². The molecular formula is C22H21F3N6O3S. The Hall–Kier alpha value is -3.87. The highest BCUT2D eigenvalue weighted by Crippen LogP contribution is 2.35. The molecule has 0 aliphatic carbocycles. The first-order chi connectivity index (χ1) is 16.4. The number of carbonyl (C=O) groups is 1. The van der Waals surface area contributed by atoms with Crippen LogP contribution in [0.5, 0.6) is 0 Å². The number of aromatic nitrogens is 2. The van der Waals surface area contributed by atoms with E-state index in [1.54, 1.807) is 43.3 Å².